The van der Waals surface area contributed by atoms with Gasteiger partial charge in [-0.2, -0.15) is 0 Å². The SMILES string of the molecule is CC(C)CCc1nc2c(o1)CCN(C(=O)CN1CCN(c3ncccn3)CC1)C2. The van der Waals surface area contributed by atoms with E-state index in [-0.39, 0.29) is 5.91 Å². The number of aromatic nitrogens is 3. The molecule has 8 nitrogen and oxygen atoms in total. The number of hydrogen-bond acceptors (Lipinski definition) is 7. The first-order valence-electron chi connectivity index (χ1n) is 10.6. The number of carbonyl (C=O) groups is 1. The Balaban J connectivity index is 1.27. The van der Waals surface area contributed by atoms with Crippen molar-refractivity contribution in [2.45, 2.75) is 39.7 Å². The maximum absolute atomic E-state index is 12.8. The summed E-state index contributed by atoms with van der Waals surface area (Å²) in [5, 5.41) is 0. The van der Waals surface area contributed by atoms with E-state index in [4.69, 9.17) is 4.42 Å². The van der Waals surface area contributed by atoms with E-state index in [0.29, 0.717) is 25.6 Å². The fourth-order valence-corrected chi connectivity index (χ4v) is 3.84. The zero-order valence-electron chi connectivity index (χ0n) is 17.4. The van der Waals surface area contributed by atoms with Gasteiger partial charge >= 0.3 is 0 Å². The summed E-state index contributed by atoms with van der Waals surface area (Å²) >= 11 is 0. The quantitative estimate of drug-likeness (QED) is 0.734. The smallest absolute Gasteiger partial charge is 0.237 e. The van der Waals surface area contributed by atoms with Crippen molar-refractivity contribution in [2.75, 3.05) is 44.2 Å². The Hall–Kier alpha value is -2.48. The molecular formula is C21H30N6O2. The van der Waals surface area contributed by atoms with Gasteiger partial charge in [-0.25, -0.2) is 15.0 Å². The molecule has 4 rings (SSSR count). The molecule has 0 N–H and O–H groups in total. The highest BCUT2D eigenvalue weighted by molar-refractivity contribution is 5.78. The van der Waals surface area contributed by atoms with E-state index in [1.807, 2.05) is 11.0 Å². The molecule has 0 unspecified atom stereocenters. The van der Waals surface area contributed by atoms with Crippen LogP contribution in [0.5, 0.6) is 0 Å². The van der Waals surface area contributed by atoms with Crippen LogP contribution in [0.3, 0.4) is 0 Å². The molecular weight excluding hydrogens is 368 g/mol. The van der Waals surface area contributed by atoms with Gasteiger partial charge in [-0.1, -0.05) is 13.8 Å². The van der Waals surface area contributed by atoms with E-state index >= 15 is 0 Å². The molecule has 0 bridgehead atoms. The van der Waals surface area contributed by atoms with Gasteiger partial charge in [0.05, 0.1) is 13.1 Å². The molecule has 0 aliphatic carbocycles. The minimum absolute atomic E-state index is 0.173. The van der Waals surface area contributed by atoms with Gasteiger partial charge in [0, 0.05) is 58.0 Å². The molecule has 0 atom stereocenters. The zero-order valence-corrected chi connectivity index (χ0v) is 17.4. The number of anilines is 1. The Morgan fingerprint density at radius 1 is 1.14 bits per heavy atom. The lowest BCUT2D eigenvalue weighted by Gasteiger charge is -2.35. The Morgan fingerprint density at radius 3 is 2.62 bits per heavy atom. The number of hydrogen-bond donors (Lipinski definition) is 0. The molecule has 1 fully saturated rings. The average molecular weight is 399 g/mol. The van der Waals surface area contributed by atoms with Crippen LogP contribution in [0.15, 0.2) is 22.9 Å². The molecule has 29 heavy (non-hydrogen) atoms. The van der Waals surface area contributed by atoms with Crippen LogP contribution in [-0.2, 0) is 24.2 Å². The lowest BCUT2D eigenvalue weighted by molar-refractivity contribution is -0.133. The second-order valence-electron chi connectivity index (χ2n) is 8.29. The van der Waals surface area contributed by atoms with Crippen molar-refractivity contribution in [1.29, 1.82) is 0 Å². The first-order chi connectivity index (χ1) is 14.1. The third-order valence-corrected chi connectivity index (χ3v) is 5.63. The van der Waals surface area contributed by atoms with Crippen LogP contribution in [0.25, 0.3) is 0 Å². The number of piperazine rings is 1. The Kier molecular flexibility index (Phi) is 6.08. The first-order valence-corrected chi connectivity index (χ1v) is 10.6. The Morgan fingerprint density at radius 2 is 1.90 bits per heavy atom. The minimum atomic E-state index is 0.173. The fraction of sp³-hybridized carbons (Fsp3) is 0.619. The van der Waals surface area contributed by atoms with Gasteiger partial charge in [-0.3, -0.25) is 9.69 Å². The van der Waals surface area contributed by atoms with Crippen LogP contribution in [-0.4, -0.2) is 69.9 Å². The third kappa shape index (κ3) is 4.93. The van der Waals surface area contributed by atoms with Crippen LogP contribution < -0.4 is 4.90 Å². The van der Waals surface area contributed by atoms with E-state index in [2.05, 4.69) is 38.6 Å². The number of oxazole rings is 1. The molecule has 2 aromatic heterocycles. The van der Waals surface area contributed by atoms with Gasteiger partial charge in [-0.15, -0.1) is 0 Å². The normalized spacial score (nSPS) is 17.6. The maximum atomic E-state index is 12.8. The van der Waals surface area contributed by atoms with Crippen molar-refractivity contribution < 1.29 is 9.21 Å². The summed E-state index contributed by atoms with van der Waals surface area (Å²) in [6.07, 6.45) is 6.23. The Labute approximate surface area is 171 Å². The Bertz CT molecular complexity index is 814. The monoisotopic (exact) mass is 398 g/mol. The molecule has 156 valence electrons. The number of aryl methyl sites for hydroxylation is 1. The molecule has 8 heteroatoms. The number of carbonyl (C=O) groups excluding carboxylic acids is 1. The summed E-state index contributed by atoms with van der Waals surface area (Å²) in [5.41, 5.74) is 0.939. The van der Waals surface area contributed by atoms with Crippen LogP contribution >= 0.6 is 0 Å². The predicted octanol–water partition coefficient (Wildman–Crippen LogP) is 1.76. The summed E-state index contributed by atoms with van der Waals surface area (Å²) in [5.74, 6) is 3.35. The highest BCUT2D eigenvalue weighted by Gasteiger charge is 2.27. The van der Waals surface area contributed by atoms with E-state index < -0.39 is 0 Å². The van der Waals surface area contributed by atoms with E-state index in [0.717, 1.165) is 68.7 Å². The van der Waals surface area contributed by atoms with Crippen molar-refractivity contribution in [3.63, 3.8) is 0 Å². The van der Waals surface area contributed by atoms with Crippen molar-refractivity contribution in [2.24, 2.45) is 5.92 Å². The molecule has 0 saturated carbocycles. The standard InChI is InChI=1S/C21H30N6O2/c1-16(2)4-5-19-24-17-14-27(9-6-18(17)29-19)20(28)15-25-10-12-26(13-11-25)21-22-7-3-8-23-21/h3,7-8,16H,4-6,9-15H2,1-2H3. The predicted molar refractivity (Wildman–Crippen MR) is 109 cm³/mol. The van der Waals surface area contributed by atoms with Crippen LogP contribution in [0.1, 0.15) is 37.6 Å². The number of rotatable bonds is 6. The lowest BCUT2D eigenvalue weighted by Crippen LogP contribution is -2.51. The van der Waals surface area contributed by atoms with Crippen LogP contribution in [0, 0.1) is 5.92 Å². The molecule has 2 aromatic rings. The molecule has 2 aliphatic heterocycles. The van der Waals surface area contributed by atoms with Gasteiger partial charge in [-0.05, 0) is 18.4 Å². The van der Waals surface area contributed by atoms with Crippen molar-refractivity contribution in [3.8, 4) is 0 Å². The average Bonchev–Trinajstić information content (AvgIpc) is 3.15. The number of fused-ring (bicyclic) bond motifs is 1. The van der Waals surface area contributed by atoms with E-state index in [9.17, 15) is 4.79 Å². The van der Waals surface area contributed by atoms with Crippen LogP contribution in [0.4, 0.5) is 5.95 Å². The molecule has 2 aliphatic rings. The minimum Gasteiger partial charge on any atom is -0.445 e. The third-order valence-electron chi connectivity index (χ3n) is 5.63. The summed E-state index contributed by atoms with van der Waals surface area (Å²) in [6.45, 7) is 9.50. The number of amides is 1. The highest BCUT2D eigenvalue weighted by Crippen LogP contribution is 2.21. The molecule has 0 spiro atoms. The van der Waals surface area contributed by atoms with Gasteiger partial charge in [0.2, 0.25) is 11.9 Å². The molecule has 1 amide bonds. The van der Waals surface area contributed by atoms with E-state index in [1.165, 1.54) is 0 Å². The van der Waals surface area contributed by atoms with Crippen molar-refractivity contribution in [1.82, 2.24) is 24.8 Å². The molecule has 1 saturated heterocycles. The maximum Gasteiger partial charge on any atom is 0.237 e. The molecule has 4 heterocycles. The highest BCUT2D eigenvalue weighted by atomic mass is 16.4. The van der Waals surface area contributed by atoms with Gasteiger partial charge < -0.3 is 14.2 Å². The summed E-state index contributed by atoms with van der Waals surface area (Å²) in [4.78, 5) is 32.4. The molecule has 0 radical (unpaired) electrons. The summed E-state index contributed by atoms with van der Waals surface area (Å²) in [7, 11) is 0. The topological polar surface area (TPSA) is 78.6 Å². The fourth-order valence-electron chi connectivity index (χ4n) is 3.84. The summed E-state index contributed by atoms with van der Waals surface area (Å²) in [6, 6.07) is 1.82. The second-order valence-corrected chi connectivity index (χ2v) is 8.29. The van der Waals surface area contributed by atoms with E-state index in [1.54, 1.807) is 12.4 Å². The van der Waals surface area contributed by atoms with Gasteiger partial charge in [0.25, 0.3) is 0 Å². The number of nitrogens with zero attached hydrogens (tertiary/aromatic N) is 6. The first kappa shape index (κ1) is 19.8. The van der Waals surface area contributed by atoms with Gasteiger partial charge in [0.1, 0.15) is 11.5 Å². The molecule has 0 aromatic carbocycles. The zero-order chi connectivity index (χ0) is 20.2. The lowest BCUT2D eigenvalue weighted by atomic mass is 10.1. The van der Waals surface area contributed by atoms with Gasteiger partial charge in [0.15, 0.2) is 5.89 Å². The van der Waals surface area contributed by atoms with Crippen molar-refractivity contribution >= 4 is 11.9 Å². The van der Waals surface area contributed by atoms with Crippen molar-refractivity contribution in [3.05, 3.63) is 35.8 Å². The van der Waals surface area contributed by atoms with Crippen LogP contribution in [0.2, 0.25) is 0 Å². The second kappa shape index (κ2) is 8.90. The summed E-state index contributed by atoms with van der Waals surface area (Å²) < 4.78 is 5.91. The largest absolute Gasteiger partial charge is 0.445 e.